The zero-order valence-corrected chi connectivity index (χ0v) is 12.7. The summed E-state index contributed by atoms with van der Waals surface area (Å²) in [5, 5.41) is 21.1. The Hall–Kier alpha value is -1.75. The van der Waals surface area contributed by atoms with Gasteiger partial charge in [0, 0.05) is 40.9 Å². The molecule has 0 saturated carbocycles. The summed E-state index contributed by atoms with van der Waals surface area (Å²) in [5.41, 5.74) is 1.25. The minimum atomic E-state index is -0.295. The Morgan fingerprint density at radius 3 is 2.62 bits per heavy atom. The molecule has 1 aliphatic rings. The van der Waals surface area contributed by atoms with Crippen LogP contribution in [0, 0.1) is 0 Å². The smallest absolute Gasteiger partial charge is 0.185 e. The van der Waals surface area contributed by atoms with Crippen molar-refractivity contribution in [3.63, 3.8) is 0 Å². The summed E-state index contributed by atoms with van der Waals surface area (Å²) < 4.78 is 0. The molecule has 0 spiro atoms. The topological polar surface area (TPSA) is 60.8 Å². The molecular formula is C15H13Cl2NO3. The van der Waals surface area contributed by atoms with E-state index in [1.165, 1.54) is 25.4 Å². The molecule has 0 amide bonds. The molecule has 0 unspecified atom stereocenters. The summed E-state index contributed by atoms with van der Waals surface area (Å²) in [7, 11) is 1.40. The number of hydroxylamine groups is 2. The van der Waals surface area contributed by atoms with E-state index in [9.17, 15) is 15.1 Å². The second-order valence-electron chi connectivity index (χ2n) is 4.60. The molecule has 0 saturated heterocycles. The lowest BCUT2D eigenvalue weighted by Gasteiger charge is -2.15. The maximum Gasteiger partial charge on any atom is 0.185 e. The van der Waals surface area contributed by atoms with Crippen LogP contribution in [0.3, 0.4) is 0 Å². The summed E-state index contributed by atoms with van der Waals surface area (Å²) in [6.45, 7) is 0. The van der Waals surface area contributed by atoms with Crippen LogP contribution in [0.4, 0.5) is 0 Å². The number of hydrogen-bond donors (Lipinski definition) is 2. The Balaban J connectivity index is 2.38. The molecule has 0 atom stereocenters. The molecule has 0 fully saturated rings. The van der Waals surface area contributed by atoms with Crippen molar-refractivity contribution >= 4 is 29.0 Å². The van der Waals surface area contributed by atoms with Gasteiger partial charge < -0.3 is 5.11 Å². The highest BCUT2D eigenvalue weighted by Gasteiger charge is 2.21. The minimum Gasteiger partial charge on any atom is -0.507 e. The predicted octanol–water partition coefficient (Wildman–Crippen LogP) is 3.69. The molecule has 0 radical (unpaired) electrons. The molecule has 2 rings (SSSR count). The molecule has 6 heteroatoms. The molecule has 0 heterocycles. The average molecular weight is 326 g/mol. The number of rotatable bonds is 3. The first-order valence-corrected chi connectivity index (χ1v) is 6.86. The Morgan fingerprint density at radius 1 is 1.29 bits per heavy atom. The number of aliphatic hydroxyl groups excluding tert-OH is 1. The van der Waals surface area contributed by atoms with Gasteiger partial charge in [-0.05, 0) is 29.8 Å². The molecule has 1 aliphatic carbocycles. The predicted molar refractivity (Wildman–Crippen MR) is 81.6 cm³/mol. The molecule has 0 bridgehead atoms. The van der Waals surface area contributed by atoms with E-state index in [1.807, 2.05) is 0 Å². The second-order valence-corrected chi connectivity index (χ2v) is 5.44. The van der Waals surface area contributed by atoms with Gasteiger partial charge in [-0.3, -0.25) is 15.1 Å². The number of nitrogens with zero attached hydrogens (tertiary/aromatic N) is 1. The molecule has 1 aromatic rings. The Morgan fingerprint density at radius 2 is 2.00 bits per heavy atom. The van der Waals surface area contributed by atoms with Gasteiger partial charge in [-0.15, -0.1) is 0 Å². The van der Waals surface area contributed by atoms with Crippen LogP contribution in [0.2, 0.25) is 10.0 Å². The van der Waals surface area contributed by atoms with E-state index in [0.29, 0.717) is 21.2 Å². The largest absolute Gasteiger partial charge is 0.507 e. The maximum atomic E-state index is 11.9. The molecule has 0 aliphatic heterocycles. The molecule has 0 aromatic heterocycles. The van der Waals surface area contributed by atoms with Gasteiger partial charge in [0.25, 0.3) is 0 Å². The summed E-state index contributed by atoms with van der Waals surface area (Å²) in [5.74, 6) is -0.467. The molecule has 2 N–H and O–H groups in total. The van der Waals surface area contributed by atoms with Gasteiger partial charge in [-0.1, -0.05) is 29.3 Å². The molecule has 1 aromatic carbocycles. The van der Waals surface area contributed by atoms with Gasteiger partial charge in [0.15, 0.2) is 5.78 Å². The Labute approximate surface area is 132 Å². The van der Waals surface area contributed by atoms with E-state index >= 15 is 0 Å². The van der Waals surface area contributed by atoms with Crippen molar-refractivity contribution in [1.29, 1.82) is 0 Å². The minimum absolute atomic E-state index is 0.172. The Kier molecular flexibility index (Phi) is 4.73. The van der Waals surface area contributed by atoms with Crippen molar-refractivity contribution in [3.8, 4) is 0 Å². The van der Waals surface area contributed by atoms with Crippen molar-refractivity contribution in [2.75, 3.05) is 7.05 Å². The SMILES string of the molecule is CN(O)/C=C1\C=CC(=O)C(Cc2ccc(Cl)cc2Cl)=C1O. The first kappa shape index (κ1) is 15.6. The van der Waals surface area contributed by atoms with Crippen LogP contribution in [0.15, 0.2) is 53.5 Å². The first-order chi connectivity index (χ1) is 9.88. The van der Waals surface area contributed by atoms with Gasteiger partial charge in [0.1, 0.15) is 5.76 Å². The average Bonchev–Trinajstić information content (AvgIpc) is 2.40. The van der Waals surface area contributed by atoms with E-state index in [-0.39, 0.29) is 23.5 Å². The Bertz CT molecular complexity index is 675. The monoisotopic (exact) mass is 325 g/mol. The zero-order valence-electron chi connectivity index (χ0n) is 11.2. The van der Waals surface area contributed by atoms with Crippen LogP contribution in [0.25, 0.3) is 0 Å². The third-order valence-corrected chi connectivity index (χ3v) is 3.57. The van der Waals surface area contributed by atoms with Gasteiger partial charge >= 0.3 is 0 Å². The van der Waals surface area contributed by atoms with E-state index in [0.717, 1.165) is 5.06 Å². The highest BCUT2D eigenvalue weighted by molar-refractivity contribution is 6.35. The molecule has 4 nitrogen and oxygen atoms in total. The van der Waals surface area contributed by atoms with Crippen molar-refractivity contribution in [1.82, 2.24) is 5.06 Å². The van der Waals surface area contributed by atoms with Crippen molar-refractivity contribution < 1.29 is 15.1 Å². The number of allylic oxidation sites excluding steroid dienone is 3. The number of carbonyl (C=O) groups is 1. The molecular weight excluding hydrogens is 313 g/mol. The quantitative estimate of drug-likeness (QED) is 0.832. The number of aliphatic hydroxyl groups is 1. The van der Waals surface area contributed by atoms with Crippen molar-refractivity contribution in [2.45, 2.75) is 6.42 Å². The van der Waals surface area contributed by atoms with Gasteiger partial charge in [0.2, 0.25) is 0 Å². The number of halogens is 2. The fourth-order valence-corrected chi connectivity index (χ4v) is 2.44. The number of hydrogen-bond acceptors (Lipinski definition) is 4. The third kappa shape index (κ3) is 3.67. The van der Waals surface area contributed by atoms with E-state index in [4.69, 9.17) is 23.2 Å². The second kappa shape index (κ2) is 6.35. The summed E-state index contributed by atoms with van der Waals surface area (Å²) in [6.07, 6.45) is 4.27. The van der Waals surface area contributed by atoms with Crippen LogP contribution < -0.4 is 0 Å². The van der Waals surface area contributed by atoms with Crippen molar-refractivity contribution in [3.05, 3.63) is 69.1 Å². The molecule has 110 valence electrons. The lowest BCUT2D eigenvalue weighted by molar-refractivity contribution is -0.111. The standard InChI is InChI=1S/C15H13Cl2NO3/c1-18(21)8-10-3-5-14(19)12(15(10)20)6-9-2-4-11(16)7-13(9)17/h2-5,7-8,20-21H,6H2,1H3/b10-8+. The van der Waals surface area contributed by atoms with Gasteiger partial charge in [-0.25, -0.2) is 0 Å². The van der Waals surface area contributed by atoms with Gasteiger partial charge in [0.05, 0.1) is 0 Å². The fourth-order valence-electron chi connectivity index (χ4n) is 1.97. The third-order valence-electron chi connectivity index (χ3n) is 2.98. The number of carbonyl (C=O) groups excluding carboxylic acids is 1. The summed E-state index contributed by atoms with van der Waals surface area (Å²) in [6, 6.07) is 4.96. The van der Waals surface area contributed by atoms with E-state index < -0.39 is 0 Å². The highest BCUT2D eigenvalue weighted by atomic mass is 35.5. The first-order valence-electron chi connectivity index (χ1n) is 6.11. The summed E-state index contributed by atoms with van der Waals surface area (Å²) in [4.78, 5) is 11.9. The number of benzene rings is 1. The van der Waals surface area contributed by atoms with Crippen LogP contribution in [-0.4, -0.2) is 28.2 Å². The van der Waals surface area contributed by atoms with Crippen LogP contribution in [-0.2, 0) is 11.2 Å². The molecule has 21 heavy (non-hydrogen) atoms. The number of ketones is 1. The summed E-state index contributed by atoms with van der Waals surface area (Å²) >= 11 is 11.9. The lowest BCUT2D eigenvalue weighted by atomic mass is 9.93. The van der Waals surface area contributed by atoms with Crippen LogP contribution in [0.5, 0.6) is 0 Å². The van der Waals surface area contributed by atoms with E-state index in [1.54, 1.807) is 18.2 Å². The lowest BCUT2D eigenvalue weighted by Crippen LogP contribution is -2.13. The van der Waals surface area contributed by atoms with Gasteiger partial charge in [-0.2, -0.15) is 0 Å². The maximum absolute atomic E-state index is 11.9. The van der Waals surface area contributed by atoms with Crippen LogP contribution >= 0.6 is 23.2 Å². The van der Waals surface area contributed by atoms with Crippen LogP contribution in [0.1, 0.15) is 5.56 Å². The van der Waals surface area contributed by atoms with Crippen molar-refractivity contribution in [2.24, 2.45) is 0 Å². The highest BCUT2D eigenvalue weighted by Crippen LogP contribution is 2.28. The zero-order chi connectivity index (χ0) is 15.6. The van der Waals surface area contributed by atoms with E-state index in [2.05, 4.69) is 0 Å². The fraction of sp³-hybridized carbons (Fsp3) is 0.133. The normalized spacial score (nSPS) is 16.8.